The molecule has 208 valence electrons. The monoisotopic (exact) mass is 563 g/mol. The minimum Gasteiger partial charge on any atom is -0.480 e. The maximum Gasteiger partial charge on any atom is 0.323 e. The van der Waals surface area contributed by atoms with Crippen molar-refractivity contribution >= 4 is 34.7 Å². The van der Waals surface area contributed by atoms with Crippen molar-refractivity contribution in [3.05, 3.63) is 132 Å². The summed E-state index contributed by atoms with van der Waals surface area (Å²) in [5.74, 6) is -0.498. The first-order valence-corrected chi connectivity index (χ1v) is 14.8. The summed E-state index contributed by atoms with van der Waals surface area (Å²) in [6.45, 7) is 1.07. The zero-order valence-corrected chi connectivity index (χ0v) is 23.6. The number of rotatable bonds is 13. The van der Waals surface area contributed by atoms with Crippen LogP contribution in [0.15, 0.2) is 120 Å². The number of para-hydroxylation sites is 2. The van der Waals surface area contributed by atoms with Gasteiger partial charge in [0.2, 0.25) is 5.91 Å². The Morgan fingerprint density at radius 3 is 2.00 bits per heavy atom. The normalized spacial score (nSPS) is 11.1. The van der Waals surface area contributed by atoms with Gasteiger partial charge in [-0.15, -0.1) is 0 Å². The Morgan fingerprint density at radius 2 is 1.37 bits per heavy atom. The molecule has 0 spiro atoms. The Bertz CT molecular complexity index is 1530. The van der Waals surface area contributed by atoms with Crippen LogP contribution in [0.4, 0.5) is 0 Å². The van der Waals surface area contributed by atoms with Crippen LogP contribution in [0.1, 0.15) is 29.0 Å². The molecule has 0 aliphatic carbocycles. The molecule has 0 atom stereocenters. The highest BCUT2D eigenvalue weighted by Crippen LogP contribution is 2.28. The molecule has 1 amide bonds. The van der Waals surface area contributed by atoms with Gasteiger partial charge in [-0.2, -0.15) is 0 Å². The van der Waals surface area contributed by atoms with Gasteiger partial charge in [0.25, 0.3) is 0 Å². The SMILES string of the molecule is O=C(O)Cn1c(SCCCN(CCc2ccccc2)C(=O)C(c2ccccc2)c2ccccc2)nc2ccccc21. The van der Waals surface area contributed by atoms with Crippen molar-refractivity contribution in [2.24, 2.45) is 0 Å². The summed E-state index contributed by atoms with van der Waals surface area (Å²) in [7, 11) is 0. The van der Waals surface area contributed by atoms with E-state index in [0.29, 0.717) is 24.0 Å². The van der Waals surface area contributed by atoms with Crippen LogP contribution in [-0.4, -0.2) is 50.3 Å². The van der Waals surface area contributed by atoms with Gasteiger partial charge in [0.1, 0.15) is 6.54 Å². The van der Waals surface area contributed by atoms with Gasteiger partial charge in [0, 0.05) is 18.8 Å². The quantitative estimate of drug-likeness (QED) is 0.131. The number of imidazole rings is 1. The van der Waals surface area contributed by atoms with Gasteiger partial charge < -0.3 is 14.6 Å². The molecule has 6 nitrogen and oxygen atoms in total. The van der Waals surface area contributed by atoms with Crippen LogP contribution >= 0.6 is 11.8 Å². The minimum absolute atomic E-state index is 0.0847. The van der Waals surface area contributed by atoms with Crippen molar-refractivity contribution in [2.75, 3.05) is 18.8 Å². The lowest BCUT2D eigenvalue weighted by Gasteiger charge is -2.28. The standard InChI is InChI=1S/C34H33N3O3S/c38-31(39)25-37-30-20-11-10-19-29(30)35-34(37)41-24-12-22-36(23-21-26-13-4-1-5-14-26)33(40)32(27-15-6-2-7-16-27)28-17-8-3-9-18-28/h1-11,13-20,32H,12,21-25H2,(H,38,39). The van der Waals surface area contributed by atoms with Gasteiger partial charge in [0.15, 0.2) is 5.16 Å². The minimum atomic E-state index is -0.902. The topological polar surface area (TPSA) is 75.4 Å². The maximum atomic E-state index is 14.3. The number of carbonyl (C=O) groups is 2. The predicted molar refractivity (Wildman–Crippen MR) is 164 cm³/mol. The zero-order chi connectivity index (χ0) is 28.4. The first-order valence-electron chi connectivity index (χ1n) is 13.8. The molecule has 0 aliphatic rings. The third-order valence-corrected chi connectivity index (χ3v) is 8.12. The number of nitrogens with zero attached hydrogens (tertiary/aromatic N) is 3. The van der Waals surface area contributed by atoms with Crippen molar-refractivity contribution < 1.29 is 14.7 Å². The van der Waals surface area contributed by atoms with Crippen LogP contribution < -0.4 is 0 Å². The molecule has 41 heavy (non-hydrogen) atoms. The summed E-state index contributed by atoms with van der Waals surface area (Å²) < 4.78 is 1.75. The molecule has 0 aliphatic heterocycles. The number of hydrogen-bond donors (Lipinski definition) is 1. The van der Waals surface area contributed by atoms with Crippen LogP contribution in [0.2, 0.25) is 0 Å². The Balaban J connectivity index is 1.34. The molecule has 5 rings (SSSR count). The smallest absolute Gasteiger partial charge is 0.323 e. The summed E-state index contributed by atoms with van der Waals surface area (Å²) in [5, 5.41) is 10.1. The molecular weight excluding hydrogens is 530 g/mol. The second-order valence-corrected chi connectivity index (χ2v) is 10.9. The number of aliphatic carboxylic acids is 1. The van der Waals surface area contributed by atoms with E-state index >= 15 is 0 Å². The van der Waals surface area contributed by atoms with Crippen molar-refractivity contribution in [1.29, 1.82) is 0 Å². The van der Waals surface area contributed by atoms with Crippen molar-refractivity contribution in [3.8, 4) is 0 Å². The highest BCUT2D eigenvalue weighted by molar-refractivity contribution is 7.99. The largest absolute Gasteiger partial charge is 0.480 e. The number of hydrogen-bond acceptors (Lipinski definition) is 4. The first kappa shape index (κ1) is 28.2. The molecule has 0 radical (unpaired) electrons. The van der Waals surface area contributed by atoms with Crippen molar-refractivity contribution in [2.45, 2.75) is 30.5 Å². The number of thioether (sulfide) groups is 1. The average molecular weight is 564 g/mol. The fraction of sp³-hybridized carbons (Fsp3) is 0.206. The number of carboxylic acids is 1. The zero-order valence-electron chi connectivity index (χ0n) is 22.8. The lowest BCUT2D eigenvalue weighted by Crippen LogP contribution is -2.38. The number of aromatic nitrogens is 2. The van der Waals surface area contributed by atoms with E-state index in [2.05, 4.69) is 17.1 Å². The van der Waals surface area contributed by atoms with E-state index < -0.39 is 5.97 Å². The van der Waals surface area contributed by atoms with Crippen LogP contribution in [-0.2, 0) is 22.6 Å². The molecule has 1 aromatic heterocycles. The highest BCUT2D eigenvalue weighted by Gasteiger charge is 2.27. The number of carbonyl (C=O) groups excluding carboxylic acids is 1. The number of benzene rings is 4. The van der Waals surface area contributed by atoms with E-state index in [4.69, 9.17) is 0 Å². The molecule has 1 heterocycles. The third-order valence-electron chi connectivity index (χ3n) is 7.05. The van der Waals surface area contributed by atoms with E-state index in [1.54, 1.807) is 4.57 Å². The Labute approximate surface area is 244 Å². The molecule has 4 aromatic carbocycles. The lowest BCUT2D eigenvalue weighted by atomic mass is 9.90. The van der Waals surface area contributed by atoms with Crippen LogP contribution in [0.25, 0.3) is 11.0 Å². The van der Waals surface area contributed by atoms with Gasteiger partial charge in [-0.25, -0.2) is 4.98 Å². The molecule has 1 N–H and O–H groups in total. The second-order valence-electron chi connectivity index (χ2n) is 9.88. The van der Waals surface area contributed by atoms with Gasteiger partial charge in [-0.3, -0.25) is 9.59 Å². The van der Waals surface area contributed by atoms with Gasteiger partial charge >= 0.3 is 5.97 Å². The fourth-order valence-electron chi connectivity index (χ4n) is 5.06. The van der Waals surface area contributed by atoms with Gasteiger partial charge in [-0.05, 0) is 41.7 Å². The molecule has 0 saturated carbocycles. The Morgan fingerprint density at radius 1 is 0.780 bits per heavy atom. The van der Waals surface area contributed by atoms with E-state index in [9.17, 15) is 14.7 Å². The average Bonchev–Trinajstić information content (AvgIpc) is 3.35. The Kier molecular flexibility index (Phi) is 9.49. The summed E-state index contributed by atoms with van der Waals surface area (Å²) in [5.41, 5.74) is 4.74. The predicted octanol–water partition coefficient (Wildman–Crippen LogP) is 6.51. The molecule has 0 unspecified atom stereocenters. The van der Waals surface area contributed by atoms with Crippen molar-refractivity contribution in [3.63, 3.8) is 0 Å². The molecule has 0 fully saturated rings. The summed E-state index contributed by atoms with van der Waals surface area (Å²) in [6, 6.07) is 37.8. The van der Waals surface area contributed by atoms with Gasteiger partial charge in [-0.1, -0.05) is 115 Å². The number of amides is 1. The van der Waals surface area contributed by atoms with Crippen LogP contribution in [0, 0.1) is 0 Å². The summed E-state index contributed by atoms with van der Waals surface area (Å²) >= 11 is 1.53. The lowest BCUT2D eigenvalue weighted by molar-refractivity contribution is -0.137. The van der Waals surface area contributed by atoms with Crippen LogP contribution in [0.3, 0.4) is 0 Å². The van der Waals surface area contributed by atoms with E-state index in [1.165, 1.54) is 17.3 Å². The fourth-order valence-corrected chi connectivity index (χ4v) is 6.00. The van der Waals surface area contributed by atoms with Gasteiger partial charge in [0.05, 0.1) is 17.0 Å². The molecule has 5 aromatic rings. The second kappa shape index (κ2) is 13.8. The van der Waals surface area contributed by atoms with E-state index in [1.807, 2.05) is 108 Å². The number of carboxylic acid groups (broad SMARTS) is 1. The summed E-state index contributed by atoms with van der Waals surface area (Å²) in [6.07, 6.45) is 1.52. The maximum absolute atomic E-state index is 14.3. The van der Waals surface area contributed by atoms with E-state index in [-0.39, 0.29) is 18.4 Å². The summed E-state index contributed by atoms with van der Waals surface area (Å²) in [4.78, 5) is 32.5. The molecule has 0 bridgehead atoms. The van der Waals surface area contributed by atoms with E-state index in [0.717, 1.165) is 35.0 Å². The molecular formula is C34H33N3O3S. The number of fused-ring (bicyclic) bond motifs is 1. The van der Waals surface area contributed by atoms with Crippen molar-refractivity contribution in [1.82, 2.24) is 14.5 Å². The third kappa shape index (κ3) is 7.24. The first-order chi connectivity index (χ1) is 20.1. The highest BCUT2D eigenvalue weighted by atomic mass is 32.2. The molecule has 7 heteroatoms. The van der Waals surface area contributed by atoms with Crippen LogP contribution in [0.5, 0.6) is 0 Å². The Hall–Kier alpha value is -4.36. The molecule has 0 saturated heterocycles.